The van der Waals surface area contributed by atoms with E-state index in [0.29, 0.717) is 16.5 Å². The number of sulfonamides is 1. The van der Waals surface area contributed by atoms with E-state index in [4.69, 9.17) is 0 Å². The van der Waals surface area contributed by atoms with E-state index in [1.54, 1.807) is 12.1 Å². The fraction of sp³-hybridized carbons (Fsp3) is 0.310. The molecule has 0 fully saturated rings. The number of hydrogen-bond donors (Lipinski definition) is 2. The molecule has 0 spiro atoms. The summed E-state index contributed by atoms with van der Waals surface area (Å²) in [6, 6.07) is 22.0. The van der Waals surface area contributed by atoms with Crippen LogP contribution in [0.5, 0.6) is 0 Å². The summed E-state index contributed by atoms with van der Waals surface area (Å²) in [5.74, 6) is 0.549. The SMILES string of the molecule is Cc1cccc(NS(=O)(=O)c2ccc3c(c2)[C@H]2C=CC[C@H]2[C@@H](c2ccc(C(C)(C)C)cc2)N3)c1. The lowest BCUT2D eigenvalue weighted by Crippen LogP contribution is -2.29. The molecule has 1 heterocycles. The van der Waals surface area contributed by atoms with E-state index in [0.717, 1.165) is 23.2 Å². The van der Waals surface area contributed by atoms with Gasteiger partial charge in [-0.3, -0.25) is 4.72 Å². The van der Waals surface area contributed by atoms with Gasteiger partial charge < -0.3 is 5.32 Å². The molecule has 0 aromatic heterocycles. The zero-order valence-electron chi connectivity index (χ0n) is 20.2. The van der Waals surface area contributed by atoms with E-state index >= 15 is 0 Å². The molecule has 0 bridgehead atoms. The van der Waals surface area contributed by atoms with E-state index in [2.05, 4.69) is 67.2 Å². The lowest BCUT2D eigenvalue weighted by molar-refractivity contribution is 0.425. The molecular formula is C29H32N2O2S. The van der Waals surface area contributed by atoms with Crippen molar-refractivity contribution in [2.24, 2.45) is 5.92 Å². The molecule has 0 unspecified atom stereocenters. The minimum Gasteiger partial charge on any atom is -0.378 e. The van der Waals surface area contributed by atoms with Gasteiger partial charge in [-0.2, -0.15) is 0 Å². The summed E-state index contributed by atoms with van der Waals surface area (Å²) < 4.78 is 29.0. The van der Waals surface area contributed by atoms with Gasteiger partial charge in [0.15, 0.2) is 0 Å². The maximum atomic E-state index is 13.1. The number of allylic oxidation sites excluding steroid dienone is 2. The smallest absolute Gasteiger partial charge is 0.261 e. The lowest BCUT2D eigenvalue weighted by atomic mass is 9.76. The number of hydrogen-bond acceptors (Lipinski definition) is 3. The summed E-state index contributed by atoms with van der Waals surface area (Å²) in [5.41, 5.74) is 6.36. The molecule has 176 valence electrons. The number of rotatable bonds is 4. The van der Waals surface area contributed by atoms with Gasteiger partial charge in [-0.15, -0.1) is 0 Å². The van der Waals surface area contributed by atoms with E-state index in [1.807, 2.05) is 37.3 Å². The molecular weight excluding hydrogens is 440 g/mol. The van der Waals surface area contributed by atoms with Gasteiger partial charge >= 0.3 is 0 Å². The number of fused-ring (bicyclic) bond motifs is 3. The first kappa shape index (κ1) is 22.7. The standard InChI is InChI=1S/C29H32N2O2S/c1-19-7-5-8-22(17-19)31-34(32,33)23-15-16-27-26(18-23)24-9-6-10-25(24)28(30-27)20-11-13-21(14-12-20)29(2,3)4/h5-9,11-18,24-25,28,30-31H,10H2,1-4H3/t24-,25+,28+/m0/s1. The summed E-state index contributed by atoms with van der Waals surface area (Å²) in [7, 11) is -3.68. The minimum absolute atomic E-state index is 0.122. The van der Waals surface area contributed by atoms with Crippen LogP contribution in [0.25, 0.3) is 0 Å². The zero-order chi connectivity index (χ0) is 24.1. The summed E-state index contributed by atoms with van der Waals surface area (Å²) >= 11 is 0. The van der Waals surface area contributed by atoms with Crippen molar-refractivity contribution in [3.63, 3.8) is 0 Å². The van der Waals surface area contributed by atoms with Gasteiger partial charge in [0, 0.05) is 17.3 Å². The second-order valence-corrected chi connectivity index (χ2v) is 12.3. The van der Waals surface area contributed by atoms with Crippen molar-refractivity contribution in [2.45, 2.75) is 56.4 Å². The highest BCUT2D eigenvalue weighted by atomic mass is 32.2. The van der Waals surface area contributed by atoms with Crippen LogP contribution in [0, 0.1) is 12.8 Å². The van der Waals surface area contributed by atoms with E-state index in [9.17, 15) is 8.42 Å². The highest BCUT2D eigenvalue weighted by molar-refractivity contribution is 7.92. The highest BCUT2D eigenvalue weighted by Gasteiger charge is 2.38. The van der Waals surface area contributed by atoms with Crippen LogP contribution >= 0.6 is 0 Å². The Bertz CT molecular complexity index is 1350. The van der Waals surface area contributed by atoms with Gasteiger partial charge in [-0.05, 0) is 77.3 Å². The second-order valence-electron chi connectivity index (χ2n) is 10.6. The van der Waals surface area contributed by atoms with Crippen LogP contribution in [0.4, 0.5) is 11.4 Å². The molecule has 0 radical (unpaired) electrons. The van der Waals surface area contributed by atoms with Crippen LogP contribution in [-0.4, -0.2) is 8.42 Å². The molecule has 1 aliphatic carbocycles. The van der Waals surface area contributed by atoms with Crippen molar-refractivity contribution in [3.8, 4) is 0 Å². The monoisotopic (exact) mass is 472 g/mol. The molecule has 2 N–H and O–H groups in total. The van der Waals surface area contributed by atoms with Crippen molar-refractivity contribution < 1.29 is 8.42 Å². The molecule has 5 rings (SSSR count). The fourth-order valence-corrected chi connectivity index (χ4v) is 6.27. The van der Waals surface area contributed by atoms with Crippen LogP contribution in [0.2, 0.25) is 0 Å². The third kappa shape index (κ3) is 4.25. The average Bonchev–Trinajstić information content (AvgIpc) is 3.28. The molecule has 0 amide bonds. The van der Waals surface area contributed by atoms with Crippen molar-refractivity contribution in [3.05, 3.63) is 101 Å². The molecule has 2 aliphatic rings. The van der Waals surface area contributed by atoms with E-state index < -0.39 is 10.0 Å². The molecule has 0 saturated heterocycles. The first-order chi connectivity index (χ1) is 16.1. The summed E-state index contributed by atoms with van der Waals surface area (Å²) in [6.45, 7) is 8.64. The maximum absolute atomic E-state index is 13.1. The van der Waals surface area contributed by atoms with Crippen LogP contribution in [0.1, 0.15) is 61.4 Å². The first-order valence-electron chi connectivity index (χ1n) is 11.9. The van der Waals surface area contributed by atoms with Crippen molar-refractivity contribution in [2.75, 3.05) is 10.0 Å². The zero-order valence-corrected chi connectivity index (χ0v) is 21.0. The third-order valence-corrected chi connectivity index (χ3v) is 8.43. The van der Waals surface area contributed by atoms with Crippen molar-refractivity contribution in [1.82, 2.24) is 0 Å². The minimum atomic E-state index is -3.68. The number of benzene rings is 3. The summed E-state index contributed by atoms with van der Waals surface area (Å²) in [5, 5.41) is 3.72. The number of nitrogens with one attached hydrogen (secondary N) is 2. The molecule has 4 nitrogen and oxygen atoms in total. The predicted octanol–water partition coefficient (Wildman–Crippen LogP) is 6.92. The van der Waals surface area contributed by atoms with Crippen molar-refractivity contribution in [1.29, 1.82) is 0 Å². The quantitative estimate of drug-likeness (QED) is 0.405. The Morgan fingerprint density at radius 1 is 0.971 bits per heavy atom. The van der Waals surface area contributed by atoms with Gasteiger partial charge in [0.1, 0.15) is 0 Å². The van der Waals surface area contributed by atoms with E-state index in [1.165, 1.54) is 11.1 Å². The van der Waals surface area contributed by atoms with E-state index in [-0.39, 0.29) is 17.4 Å². The Kier molecular flexibility index (Phi) is 5.56. The molecule has 3 atom stereocenters. The van der Waals surface area contributed by atoms with Gasteiger partial charge in [-0.1, -0.05) is 69.3 Å². The Morgan fingerprint density at radius 3 is 2.44 bits per heavy atom. The first-order valence-corrected chi connectivity index (χ1v) is 13.4. The van der Waals surface area contributed by atoms with Crippen LogP contribution < -0.4 is 10.0 Å². The van der Waals surface area contributed by atoms with Crippen molar-refractivity contribution >= 4 is 21.4 Å². The van der Waals surface area contributed by atoms with Gasteiger partial charge in [0.05, 0.1) is 10.9 Å². The Labute approximate surface area is 203 Å². The summed E-state index contributed by atoms with van der Waals surface area (Å²) in [4.78, 5) is 0.293. The van der Waals surface area contributed by atoms with Crippen LogP contribution in [0.15, 0.2) is 83.8 Å². The molecule has 34 heavy (non-hydrogen) atoms. The molecule has 3 aromatic carbocycles. The third-order valence-electron chi connectivity index (χ3n) is 7.05. The molecule has 1 aliphatic heterocycles. The number of anilines is 2. The van der Waals surface area contributed by atoms with Gasteiger partial charge in [0.2, 0.25) is 0 Å². The van der Waals surface area contributed by atoms with Gasteiger partial charge in [-0.25, -0.2) is 8.42 Å². The highest BCUT2D eigenvalue weighted by Crippen LogP contribution is 2.50. The largest absolute Gasteiger partial charge is 0.378 e. The van der Waals surface area contributed by atoms with Gasteiger partial charge in [0.25, 0.3) is 10.0 Å². The lowest BCUT2D eigenvalue weighted by Gasteiger charge is -2.38. The molecule has 5 heteroatoms. The Morgan fingerprint density at radius 2 is 1.74 bits per heavy atom. The second kappa shape index (κ2) is 8.31. The number of aryl methyl sites for hydroxylation is 1. The molecule has 3 aromatic rings. The normalized spacial score (nSPS) is 21.5. The summed E-state index contributed by atoms with van der Waals surface area (Å²) in [6.07, 6.45) is 5.45. The maximum Gasteiger partial charge on any atom is 0.261 e. The van der Waals surface area contributed by atoms with Crippen LogP contribution in [0.3, 0.4) is 0 Å². The van der Waals surface area contributed by atoms with Crippen LogP contribution in [-0.2, 0) is 15.4 Å². The average molecular weight is 473 g/mol. The Hall–Kier alpha value is -3.05. The Balaban J connectivity index is 1.46. The molecule has 0 saturated carbocycles. The fourth-order valence-electron chi connectivity index (χ4n) is 5.18. The predicted molar refractivity (Wildman–Crippen MR) is 140 cm³/mol. The topological polar surface area (TPSA) is 58.2 Å².